The van der Waals surface area contributed by atoms with Crippen LogP contribution in [0.4, 0.5) is 14.5 Å². The number of ether oxygens (including phenoxy) is 1. The van der Waals surface area contributed by atoms with Crippen molar-refractivity contribution in [3.63, 3.8) is 0 Å². The van der Waals surface area contributed by atoms with Crippen LogP contribution in [0.2, 0.25) is 0 Å². The van der Waals surface area contributed by atoms with E-state index in [2.05, 4.69) is 15.9 Å². The Labute approximate surface area is 112 Å². The number of rotatable bonds is 3. The van der Waals surface area contributed by atoms with Gasteiger partial charge in [0.2, 0.25) is 0 Å². The van der Waals surface area contributed by atoms with E-state index in [1.54, 1.807) is 12.1 Å². The van der Waals surface area contributed by atoms with Crippen LogP contribution in [-0.4, -0.2) is 0 Å². The molecule has 2 N–H and O–H groups in total. The summed E-state index contributed by atoms with van der Waals surface area (Å²) in [7, 11) is 0. The van der Waals surface area contributed by atoms with Crippen LogP contribution in [0.5, 0.6) is 5.75 Å². The van der Waals surface area contributed by atoms with E-state index in [0.717, 1.165) is 0 Å². The molecule has 2 rings (SSSR count). The van der Waals surface area contributed by atoms with Crippen molar-refractivity contribution in [2.45, 2.75) is 6.61 Å². The minimum Gasteiger partial charge on any atom is -0.489 e. The smallest absolute Gasteiger partial charge is 0.137 e. The fourth-order valence-corrected chi connectivity index (χ4v) is 1.77. The lowest BCUT2D eigenvalue weighted by Crippen LogP contribution is -1.99. The van der Waals surface area contributed by atoms with Crippen molar-refractivity contribution in [1.82, 2.24) is 0 Å². The summed E-state index contributed by atoms with van der Waals surface area (Å²) in [5, 5.41) is 0. The summed E-state index contributed by atoms with van der Waals surface area (Å²) in [6.07, 6.45) is 0. The number of hydrogen-bond donors (Lipinski definition) is 1. The van der Waals surface area contributed by atoms with Gasteiger partial charge in [0.15, 0.2) is 0 Å². The van der Waals surface area contributed by atoms with Crippen molar-refractivity contribution >= 4 is 21.6 Å². The van der Waals surface area contributed by atoms with Gasteiger partial charge in [-0.2, -0.15) is 0 Å². The third-order valence-electron chi connectivity index (χ3n) is 2.36. The van der Waals surface area contributed by atoms with E-state index in [1.807, 2.05) is 0 Å². The van der Waals surface area contributed by atoms with Gasteiger partial charge in [0.05, 0.1) is 4.47 Å². The molecule has 2 aromatic rings. The molecule has 0 aliphatic rings. The second-order valence-electron chi connectivity index (χ2n) is 3.72. The van der Waals surface area contributed by atoms with Crippen molar-refractivity contribution < 1.29 is 13.5 Å². The molecular weight excluding hydrogens is 304 g/mol. The number of halogens is 3. The van der Waals surface area contributed by atoms with E-state index in [0.29, 0.717) is 21.5 Å². The third-order valence-corrected chi connectivity index (χ3v) is 2.97. The normalized spacial score (nSPS) is 10.4. The van der Waals surface area contributed by atoms with E-state index in [-0.39, 0.29) is 12.4 Å². The van der Waals surface area contributed by atoms with Gasteiger partial charge in [0.1, 0.15) is 24.0 Å². The SMILES string of the molecule is Nc1ccc(COc2ccc(F)c(Br)c2)c(F)c1. The second-order valence-corrected chi connectivity index (χ2v) is 4.57. The van der Waals surface area contributed by atoms with Gasteiger partial charge in [-0.1, -0.05) is 6.07 Å². The third kappa shape index (κ3) is 2.98. The number of hydrogen-bond acceptors (Lipinski definition) is 2. The van der Waals surface area contributed by atoms with Crippen molar-refractivity contribution in [2.75, 3.05) is 5.73 Å². The Morgan fingerprint density at radius 2 is 1.83 bits per heavy atom. The first kappa shape index (κ1) is 12.8. The predicted octanol–water partition coefficient (Wildman–Crippen LogP) is 3.89. The zero-order valence-electron chi connectivity index (χ0n) is 9.29. The van der Waals surface area contributed by atoms with Gasteiger partial charge >= 0.3 is 0 Å². The van der Waals surface area contributed by atoms with Crippen LogP contribution >= 0.6 is 15.9 Å². The van der Waals surface area contributed by atoms with Crippen molar-refractivity contribution in [3.05, 3.63) is 58.1 Å². The topological polar surface area (TPSA) is 35.2 Å². The maximum Gasteiger partial charge on any atom is 0.137 e. The van der Waals surface area contributed by atoms with E-state index in [1.165, 1.54) is 24.3 Å². The molecule has 2 aromatic carbocycles. The Balaban J connectivity index is 2.09. The molecule has 5 heteroatoms. The van der Waals surface area contributed by atoms with E-state index in [4.69, 9.17) is 10.5 Å². The molecule has 2 nitrogen and oxygen atoms in total. The summed E-state index contributed by atoms with van der Waals surface area (Å²) < 4.78 is 32.1. The number of nitrogen functional groups attached to an aromatic ring is 1. The highest BCUT2D eigenvalue weighted by molar-refractivity contribution is 9.10. The zero-order valence-corrected chi connectivity index (χ0v) is 10.9. The largest absolute Gasteiger partial charge is 0.489 e. The van der Waals surface area contributed by atoms with Crippen LogP contribution in [0, 0.1) is 11.6 Å². The lowest BCUT2D eigenvalue weighted by molar-refractivity contribution is 0.299. The molecule has 0 aliphatic heterocycles. The van der Waals surface area contributed by atoms with Crippen LogP contribution in [0.1, 0.15) is 5.56 Å². The Kier molecular flexibility index (Phi) is 3.81. The van der Waals surface area contributed by atoms with Crippen LogP contribution in [-0.2, 0) is 6.61 Å². The molecule has 0 saturated carbocycles. The first-order valence-electron chi connectivity index (χ1n) is 5.18. The summed E-state index contributed by atoms with van der Waals surface area (Å²) >= 11 is 3.05. The van der Waals surface area contributed by atoms with Gasteiger partial charge in [0, 0.05) is 11.3 Å². The van der Waals surface area contributed by atoms with Gasteiger partial charge in [-0.25, -0.2) is 8.78 Å². The maximum atomic E-state index is 13.5. The molecule has 0 spiro atoms. The van der Waals surface area contributed by atoms with E-state index in [9.17, 15) is 8.78 Å². The highest BCUT2D eigenvalue weighted by atomic mass is 79.9. The summed E-state index contributed by atoms with van der Waals surface area (Å²) in [6, 6.07) is 8.64. The molecule has 0 radical (unpaired) electrons. The summed E-state index contributed by atoms with van der Waals surface area (Å²) in [5.74, 6) is -0.336. The monoisotopic (exact) mass is 313 g/mol. The molecular formula is C13H10BrF2NO. The maximum absolute atomic E-state index is 13.5. The first-order valence-corrected chi connectivity index (χ1v) is 5.97. The average Bonchev–Trinajstić information content (AvgIpc) is 2.32. The molecule has 0 bridgehead atoms. The Bertz CT molecular complexity index is 575. The molecule has 0 saturated heterocycles. The van der Waals surface area contributed by atoms with Gasteiger partial charge < -0.3 is 10.5 Å². The summed E-state index contributed by atoms with van der Waals surface area (Å²) in [6.45, 7) is 0.0597. The standard InChI is InChI=1S/C13H10BrF2NO/c14-11-6-10(3-4-12(11)15)18-7-8-1-2-9(17)5-13(8)16/h1-6H,7,17H2. The molecule has 0 atom stereocenters. The molecule has 0 aromatic heterocycles. The summed E-state index contributed by atoms with van der Waals surface area (Å²) in [5.41, 5.74) is 6.20. The van der Waals surface area contributed by atoms with Crippen molar-refractivity contribution in [1.29, 1.82) is 0 Å². The quantitative estimate of drug-likeness (QED) is 0.873. The molecule has 0 unspecified atom stereocenters. The summed E-state index contributed by atoms with van der Waals surface area (Å²) in [4.78, 5) is 0. The highest BCUT2D eigenvalue weighted by Crippen LogP contribution is 2.23. The lowest BCUT2D eigenvalue weighted by atomic mass is 10.2. The Morgan fingerprint density at radius 3 is 2.50 bits per heavy atom. The van der Waals surface area contributed by atoms with E-state index < -0.39 is 5.82 Å². The van der Waals surface area contributed by atoms with Crippen LogP contribution in [0.15, 0.2) is 40.9 Å². The fraction of sp³-hybridized carbons (Fsp3) is 0.0769. The van der Waals surface area contributed by atoms with Gasteiger partial charge in [0.25, 0.3) is 0 Å². The molecule has 94 valence electrons. The Morgan fingerprint density at radius 1 is 1.06 bits per heavy atom. The fourth-order valence-electron chi connectivity index (χ4n) is 1.41. The molecule has 18 heavy (non-hydrogen) atoms. The number of anilines is 1. The van der Waals surface area contributed by atoms with Gasteiger partial charge in [-0.15, -0.1) is 0 Å². The van der Waals surface area contributed by atoms with Gasteiger partial charge in [-0.05, 0) is 46.3 Å². The Hall–Kier alpha value is -1.62. The lowest BCUT2D eigenvalue weighted by Gasteiger charge is -2.08. The predicted molar refractivity (Wildman–Crippen MR) is 69.2 cm³/mol. The first-order chi connectivity index (χ1) is 8.56. The van der Waals surface area contributed by atoms with E-state index >= 15 is 0 Å². The van der Waals surface area contributed by atoms with Gasteiger partial charge in [-0.3, -0.25) is 0 Å². The van der Waals surface area contributed by atoms with Crippen LogP contribution in [0.3, 0.4) is 0 Å². The zero-order chi connectivity index (χ0) is 13.1. The molecule has 0 heterocycles. The van der Waals surface area contributed by atoms with Crippen molar-refractivity contribution in [2.24, 2.45) is 0 Å². The second kappa shape index (κ2) is 5.35. The number of benzene rings is 2. The minimum atomic E-state index is -0.420. The van der Waals surface area contributed by atoms with Crippen LogP contribution in [0.25, 0.3) is 0 Å². The van der Waals surface area contributed by atoms with Crippen molar-refractivity contribution in [3.8, 4) is 5.75 Å². The number of nitrogens with two attached hydrogens (primary N) is 1. The molecule has 0 aliphatic carbocycles. The van der Waals surface area contributed by atoms with Crippen LogP contribution < -0.4 is 10.5 Å². The highest BCUT2D eigenvalue weighted by Gasteiger charge is 2.05. The molecule has 0 fully saturated rings. The molecule has 0 amide bonds. The minimum absolute atomic E-state index is 0.0597. The average molecular weight is 314 g/mol.